The number of benzene rings is 1. The third-order valence-corrected chi connectivity index (χ3v) is 2.94. The molecule has 0 aromatic heterocycles. The molecule has 1 nitrogen and oxygen atoms in total. The number of rotatable bonds is 1. The smallest absolute Gasteiger partial charge is 0.226 e. The monoisotopic (exact) mass is 225 g/mol. The zero-order chi connectivity index (χ0) is 10.1. The van der Waals surface area contributed by atoms with Gasteiger partial charge >= 0.3 is 0 Å². The highest BCUT2D eigenvalue weighted by atomic mass is 35.5. The lowest BCUT2D eigenvalue weighted by atomic mass is 10.1. The molecule has 0 amide bonds. The van der Waals surface area contributed by atoms with Crippen molar-refractivity contribution < 1.29 is 4.79 Å². The maximum absolute atomic E-state index is 10.3. The van der Waals surface area contributed by atoms with Gasteiger partial charge in [-0.2, -0.15) is 0 Å². The third-order valence-electron chi connectivity index (χ3n) is 2.38. The second-order valence-corrected chi connectivity index (χ2v) is 4.04. The Kier molecular flexibility index (Phi) is 2.62. The van der Waals surface area contributed by atoms with E-state index in [0.29, 0.717) is 10.0 Å². The summed E-state index contributed by atoms with van der Waals surface area (Å²) >= 11 is 11.9. The van der Waals surface area contributed by atoms with E-state index in [0.717, 1.165) is 29.5 Å². The van der Waals surface area contributed by atoms with Crippen molar-refractivity contribution in [2.45, 2.75) is 12.8 Å². The molecule has 0 spiro atoms. The highest BCUT2D eigenvalue weighted by molar-refractivity contribution is 6.35. The minimum Gasteiger partial charge on any atom is -0.286 e. The van der Waals surface area contributed by atoms with Crippen molar-refractivity contribution in [3.8, 4) is 0 Å². The van der Waals surface area contributed by atoms with E-state index in [-0.39, 0.29) is 0 Å². The number of halogens is 2. The van der Waals surface area contributed by atoms with Crippen LogP contribution in [0.4, 0.5) is 0 Å². The average Bonchev–Trinajstić information content (AvgIpc) is 2.49. The minimum atomic E-state index is 0.604. The van der Waals surface area contributed by atoms with Crippen LogP contribution >= 0.6 is 23.2 Å². The van der Waals surface area contributed by atoms with Gasteiger partial charge < -0.3 is 0 Å². The summed E-state index contributed by atoms with van der Waals surface area (Å²) in [5.41, 5.74) is 3.04. The maximum atomic E-state index is 10.3. The first-order valence-corrected chi connectivity index (χ1v) is 5.03. The van der Waals surface area contributed by atoms with Gasteiger partial charge in [0.15, 0.2) is 0 Å². The molecule has 2 rings (SSSR count). The first-order chi connectivity index (χ1) is 6.72. The zero-order valence-corrected chi connectivity index (χ0v) is 8.82. The second-order valence-electron chi connectivity index (χ2n) is 3.20. The average molecular weight is 226 g/mol. The van der Waals surface area contributed by atoms with Gasteiger partial charge in [0.2, 0.25) is 6.29 Å². The fraction of sp³-hybridized carbons (Fsp3) is 0.182. The Morgan fingerprint density at radius 2 is 2.07 bits per heavy atom. The molecule has 0 fully saturated rings. The number of carbonyl (C=O) groups excluding carboxylic acids is 1. The molecule has 3 heteroatoms. The fourth-order valence-corrected chi connectivity index (χ4v) is 2.35. The SMILES string of the molecule is O=[C]/C=C1\CCc2c(Cl)cc(Cl)cc21. The predicted octanol–water partition coefficient (Wildman–Crippen LogP) is 3.43. The van der Waals surface area contributed by atoms with E-state index >= 15 is 0 Å². The molecule has 0 N–H and O–H groups in total. The highest BCUT2D eigenvalue weighted by Gasteiger charge is 2.19. The van der Waals surface area contributed by atoms with Crippen molar-refractivity contribution >= 4 is 35.1 Å². The van der Waals surface area contributed by atoms with Crippen molar-refractivity contribution in [2.24, 2.45) is 0 Å². The number of hydrogen-bond acceptors (Lipinski definition) is 1. The first kappa shape index (κ1) is 9.75. The van der Waals surface area contributed by atoms with E-state index < -0.39 is 0 Å². The summed E-state index contributed by atoms with van der Waals surface area (Å²) in [6.07, 6.45) is 4.96. The van der Waals surface area contributed by atoms with Crippen molar-refractivity contribution in [3.05, 3.63) is 39.4 Å². The summed E-state index contributed by atoms with van der Waals surface area (Å²) in [6, 6.07) is 3.58. The van der Waals surface area contributed by atoms with Crippen LogP contribution in [0.1, 0.15) is 17.5 Å². The molecule has 0 unspecified atom stereocenters. The van der Waals surface area contributed by atoms with E-state index in [4.69, 9.17) is 23.2 Å². The Bertz CT molecular complexity index is 422. The summed E-state index contributed by atoms with van der Waals surface area (Å²) in [5.74, 6) is 0. The molecular weight excluding hydrogens is 219 g/mol. The van der Waals surface area contributed by atoms with Crippen molar-refractivity contribution in [1.82, 2.24) is 0 Å². The van der Waals surface area contributed by atoms with E-state index in [1.807, 2.05) is 6.07 Å². The molecule has 1 aromatic rings. The third kappa shape index (κ3) is 1.58. The van der Waals surface area contributed by atoms with E-state index in [2.05, 4.69) is 0 Å². The topological polar surface area (TPSA) is 17.1 Å². The Morgan fingerprint density at radius 1 is 1.29 bits per heavy atom. The first-order valence-electron chi connectivity index (χ1n) is 4.27. The van der Waals surface area contributed by atoms with Crippen LogP contribution in [0.5, 0.6) is 0 Å². The lowest BCUT2D eigenvalue weighted by molar-refractivity contribution is 0.564. The second kappa shape index (κ2) is 3.76. The zero-order valence-electron chi connectivity index (χ0n) is 7.31. The standard InChI is InChI=1S/C11H7Cl2O/c12-8-5-10-7(3-4-14)1-2-9(10)11(13)6-8/h3,5-6H,1-2H2/b7-3+. The van der Waals surface area contributed by atoms with Crippen LogP contribution in [-0.4, -0.2) is 6.29 Å². The lowest BCUT2D eigenvalue weighted by Crippen LogP contribution is -1.83. The predicted molar refractivity (Wildman–Crippen MR) is 58.5 cm³/mol. The van der Waals surface area contributed by atoms with E-state index in [9.17, 15) is 4.79 Å². The van der Waals surface area contributed by atoms with Gasteiger partial charge in [-0.3, -0.25) is 4.79 Å². The van der Waals surface area contributed by atoms with Crippen LogP contribution in [0.25, 0.3) is 5.57 Å². The molecule has 1 aromatic carbocycles. The molecule has 0 heterocycles. The molecule has 0 aliphatic heterocycles. The van der Waals surface area contributed by atoms with Gasteiger partial charge in [-0.1, -0.05) is 23.2 Å². The van der Waals surface area contributed by atoms with Crippen LogP contribution in [0.3, 0.4) is 0 Å². The van der Waals surface area contributed by atoms with Gasteiger partial charge in [-0.15, -0.1) is 0 Å². The molecule has 1 aliphatic rings. The molecular formula is C11H7Cl2O. The highest BCUT2D eigenvalue weighted by Crippen LogP contribution is 2.38. The Balaban J connectivity index is 2.60. The molecule has 71 valence electrons. The largest absolute Gasteiger partial charge is 0.286 e. The summed E-state index contributed by atoms with van der Waals surface area (Å²) in [7, 11) is 0. The van der Waals surface area contributed by atoms with Crippen molar-refractivity contribution in [3.63, 3.8) is 0 Å². The lowest BCUT2D eigenvalue weighted by Gasteiger charge is -2.03. The number of hydrogen-bond donors (Lipinski definition) is 0. The molecule has 14 heavy (non-hydrogen) atoms. The number of allylic oxidation sites excluding steroid dienone is 2. The summed E-state index contributed by atoms with van der Waals surface area (Å²) in [6.45, 7) is 0. The molecule has 1 aliphatic carbocycles. The molecule has 0 bridgehead atoms. The quantitative estimate of drug-likeness (QED) is 0.670. The Labute approximate surface area is 92.3 Å². The Morgan fingerprint density at radius 3 is 2.79 bits per heavy atom. The van der Waals surface area contributed by atoms with Gasteiger partial charge in [0.25, 0.3) is 0 Å². The van der Waals surface area contributed by atoms with Gasteiger partial charge in [0.05, 0.1) is 0 Å². The van der Waals surface area contributed by atoms with Gasteiger partial charge in [-0.25, -0.2) is 0 Å². The Hall–Kier alpha value is -0.790. The van der Waals surface area contributed by atoms with Gasteiger partial charge in [-0.05, 0) is 47.8 Å². The van der Waals surface area contributed by atoms with E-state index in [1.54, 1.807) is 12.4 Å². The fourth-order valence-electron chi connectivity index (χ4n) is 1.76. The van der Waals surface area contributed by atoms with E-state index in [1.165, 1.54) is 6.08 Å². The molecule has 0 saturated heterocycles. The van der Waals surface area contributed by atoms with Gasteiger partial charge in [0, 0.05) is 10.0 Å². The van der Waals surface area contributed by atoms with Crippen LogP contribution in [-0.2, 0) is 11.2 Å². The molecule has 0 saturated carbocycles. The molecule has 1 radical (unpaired) electrons. The maximum Gasteiger partial charge on any atom is 0.226 e. The van der Waals surface area contributed by atoms with Crippen LogP contribution in [0.15, 0.2) is 18.2 Å². The van der Waals surface area contributed by atoms with Crippen molar-refractivity contribution in [1.29, 1.82) is 0 Å². The normalized spacial score (nSPS) is 17.1. The summed E-state index contributed by atoms with van der Waals surface area (Å²) in [4.78, 5) is 10.3. The van der Waals surface area contributed by atoms with Crippen LogP contribution in [0.2, 0.25) is 10.0 Å². The molecule has 0 atom stereocenters. The van der Waals surface area contributed by atoms with Crippen LogP contribution in [0, 0.1) is 0 Å². The minimum absolute atomic E-state index is 0.604. The summed E-state index contributed by atoms with van der Waals surface area (Å²) in [5, 5.41) is 1.29. The number of fused-ring (bicyclic) bond motifs is 1. The van der Waals surface area contributed by atoms with Crippen molar-refractivity contribution in [2.75, 3.05) is 0 Å². The van der Waals surface area contributed by atoms with Gasteiger partial charge in [0.1, 0.15) is 0 Å². The summed E-state index contributed by atoms with van der Waals surface area (Å²) < 4.78 is 0. The van der Waals surface area contributed by atoms with Crippen LogP contribution < -0.4 is 0 Å².